The zero-order valence-corrected chi connectivity index (χ0v) is 17.3. The molecule has 7 nitrogen and oxygen atoms in total. The second kappa shape index (κ2) is 8.31. The molecule has 5 aromatic rings. The van der Waals surface area contributed by atoms with E-state index < -0.39 is 0 Å². The van der Waals surface area contributed by atoms with Crippen LogP contribution in [0.4, 0.5) is 5.69 Å². The minimum absolute atomic E-state index is 0.255. The molecule has 2 aromatic carbocycles. The number of rotatable bonds is 5. The molecule has 5 rings (SSSR count). The highest BCUT2D eigenvalue weighted by atomic mass is 16.3. The van der Waals surface area contributed by atoms with Gasteiger partial charge in [0.05, 0.1) is 5.69 Å². The molecule has 0 bridgehead atoms. The molecule has 1 N–H and O–H groups in total. The van der Waals surface area contributed by atoms with Gasteiger partial charge in [0.15, 0.2) is 11.5 Å². The number of aryl methyl sites for hydroxylation is 1. The lowest BCUT2D eigenvalue weighted by atomic mass is 10.1. The zero-order chi connectivity index (χ0) is 21.9. The summed E-state index contributed by atoms with van der Waals surface area (Å²) in [6.07, 6.45) is 8.61. The van der Waals surface area contributed by atoms with Crippen LogP contribution in [-0.4, -0.2) is 25.7 Å². The number of benzene rings is 2. The molecule has 32 heavy (non-hydrogen) atoms. The SMILES string of the molecule is Cc1nc2cc(NC(=O)/C=C/c3cn(-c4ccccc4)nc3-c3cccnc3)ccc2o1. The predicted octanol–water partition coefficient (Wildman–Crippen LogP) is 5.04. The van der Waals surface area contributed by atoms with Crippen LogP contribution in [0.15, 0.2) is 89.7 Å². The summed E-state index contributed by atoms with van der Waals surface area (Å²) in [5.74, 6) is 0.330. The number of fused-ring (bicyclic) bond motifs is 1. The maximum absolute atomic E-state index is 12.6. The van der Waals surface area contributed by atoms with Gasteiger partial charge < -0.3 is 9.73 Å². The smallest absolute Gasteiger partial charge is 0.248 e. The molecule has 0 aliphatic carbocycles. The van der Waals surface area contributed by atoms with E-state index >= 15 is 0 Å². The Kier molecular flexibility index (Phi) is 5.05. The largest absolute Gasteiger partial charge is 0.441 e. The van der Waals surface area contributed by atoms with Crippen molar-refractivity contribution in [2.45, 2.75) is 6.92 Å². The van der Waals surface area contributed by atoms with Crippen LogP contribution in [0.2, 0.25) is 0 Å². The topological polar surface area (TPSA) is 85.8 Å². The van der Waals surface area contributed by atoms with E-state index in [1.165, 1.54) is 6.08 Å². The monoisotopic (exact) mass is 421 g/mol. The maximum atomic E-state index is 12.6. The van der Waals surface area contributed by atoms with Crippen molar-refractivity contribution in [3.05, 3.63) is 96.8 Å². The van der Waals surface area contributed by atoms with Crippen molar-refractivity contribution in [3.63, 3.8) is 0 Å². The van der Waals surface area contributed by atoms with Gasteiger partial charge in [-0.25, -0.2) is 9.67 Å². The van der Waals surface area contributed by atoms with E-state index in [1.54, 1.807) is 48.3 Å². The molecule has 0 aliphatic heterocycles. The van der Waals surface area contributed by atoms with E-state index in [0.717, 1.165) is 22.5 Å². The maximum Gasteiger partial charge on any atom is 0.248 e. The Balaban J connectivity index is 1.42. The van der Waals surface area contributed by atoms with Crippen LogP contribution in [0.25, 0.3) is 34.1 Å². The van der Waals surface area contributed by atoms with Gasteiger partial charge in [-0.1, -0.05) is 18.2 Å². The molecule has 0 fully saturated rings. The lowest BCUT2D eigenvalue weighted by Gasteiger charge is -2.01. The number of carbonyl (C=O) groups excluding carboxylic acids is 1. The van der Waals surface area contributed by atoms with Gasteiger partial charge in [-0.2, -0.15) is 5.10 Å². The van der Waals surface area contributed by atoms with Crippen LogP contribution in [0.1, 0.15) is 11.5 Å². The molecule has 3 heterocycles. The van der Waals surface area contributed by atoms with Crippen molar-refractivity contribution >= 4 is 28.8 Å². The average molecular weight is 421 g/mol. The quantitative estimate of drug-likeness (QED) is 0.402. The van der Waals surface area contributed by atoms with Crippen molar-refractivity contribution in [1.29, 1.82) is 0 Å². The summed E-state index contributed by atoms with van der Waals surface area (Å²) in [4.78, 5) is 21.1. The number of aromatic nitrogens is 4. The zero-order valence-electron chi connectivity index (χ0n) is 17.3. The number of amides is 1. The van der Waals surface area contributed by atoms with Crippen LogP contribution in [0.5, 0.6) is 0 Å². The van der Waals surface area contributed by atoms with E-state index in [2.05, 4.69) is 15.3 Å². The Bertz CT molecular complexity index is 1420. The van der Waals surface area contributed by atoms with Gasteiger partial charge in [-0.15, -0.1) is 0 Å². The van der Waals surface area contributed by atoms with Crippen molar-refractivity contribution in [2.75, 3.05) is 5.32 Å². The van der Waals surface area contributed by atoms with Gasteiger partial charge in [0, 0.05) is 48.4 Å². The molecule has 0 saturated carbocycles. The highest BCUT2D eigenvalue weighted by Crippen LogP contribution is 2.24. The Labute approximate surface area is 184 Å². The van der Waals surface area contributed by atoms with Crippen LogP contribution < -0.4 is 5.32 Å². The Morgan fingerprint density at radius 2 is 1.97 bits per heavy atom. The molecule has 0 saturated heterocycles. The second-order valence-corrected chi connectivity index (χ2v) is 7.19. The molecular weight excluding hydrogens is 402 g/mol. The molecule has 0 spiro atoms. The van der Waals surface area contributed by atoms with Crippen molar-refractivity contribution < 1.29 is 9.21 Å². The number of para-hydroxylation sites is 1. The number of anilines is 1. The number of nitrogens with zero attached hydrogens (tertiary/aromatic N) is 4. The number of hydrogen-bond acceptors (Lipinski definition) is 5. The number of carbonyl (C=O) groups is 1. The summed E-state index contributed by atoms with van der Waals surface area (Å²) >= 11 is 0. The molecule has 1 amide bonds. The molecule has 0 aliphatic rings. The van der Waals surface area contributed by atoms with Crippen LogP contribution >= 0.6 is 0 Å². The van der Waals surface area contributed by atoms with Gasteiger partial charge in [-0.3, -0.25) is 9.78 Å². The summed E-state index contributed by atoms with van der Waals surface area (Å²) < 4.78 is 7.27. The summed E-state index contributed by atoms with van der Waals surface area (Å²) in [6.45, 7) is 1.79. The lowest BCUT2D eigenvalue weighted by Crippen LogP contribution is -2.07. The number of nitrogens with one attached hydrogen (secondary N) is 1. The Morgan fingerprint density at radius 3 is 2.78 bits per heavy atom. The Morgan fingerprint density at radius 1 is 1.09 bits per heavy atom. The lowest BCUT2D eigenvalue weighted by molar-refractivity contribution is -0.111. The minimum atomic E-state index is -0.255. The third-order valence-corrected chi connectivity index (χ3v) is 4.87. The standard InChI is InChI=1S/C25H19N5O2/c1-17-27-22-14-20(10-11-23(22)32-17)28-24(31)12-9-19-16-30(21-7-3-2-4-8-21)29-25(19)18-6-5-13-26-15-18/h2-16H,1H3,(H,28,31)/b12-9+. The third-order valence-electron chi connectivity index (χ3n) is 4.87. The molecule has 0 unspecified atom stereocenters. The van der Waals surface area contributed by atoms with E-state index in [0.29, 0.717) is 22.7 Å². The van der Waals surface area contributed by atoms with E-state index in [9.17, 15) is 4.79 Å². The van der Waals surface area contributed by atoms with Crippen molar-refractivity contribution in [1.82, 2.24) is 19.7 Å². The van der Waals surface area contributed by atoms with E-state index in [1.807, 2.05) is 48.7 Å². The highest BCUT2D eigenvalue weighted by Gasteiger charge is 2.11. The number of pyridine rings is 1. The minimum Gasteiger partial charge on any atom is -0.441 e. The molecule has 3 aromatic heterocycles. The average Bonchev–Trinajstić information content (AvgIpc) is 3.41. The van der Waals surface area contributed by atoms with Crippen molar-refractivity contribution in [3.8, 4) is 16.9 Å². The highest BCUT2D eigenvalue weighted by molar-refractivity contribution is 6.03. The Hall–Kier alpha value is -4.52. The molecule has 7 heteroatoms. The molecular formula is C25H19N5O2. The van der Waals surface area contributed by atoms with Gasteiger partial charge in [0.2, 0.25) is 5.91 Å². The molecule has 156 valence electrons. The van der Waals surface area contributed by atoms with Gasteiger partial charge in [0.25, 0.3) is 0 Å². The fraction of sp³-hybridized carbons (Fsp3) is 0.0400. The first-order valence-corrected chi connectivity index (χ1v) is 10.1. The molecule has 0 atom stereocenters. The predicted molar refractivity (Wildman–Crippen MR) is 123 cm³/mol. The fourth-order valence-corrected chi connectivity index (χ4v) is 3.42. The summed E-state index contributed by atoms with van der Waals surface area (Å²) in [5.41, 5.74) is 5.38. The second-order valence-electron chi connectivity index (χ2n) is 7.19. The summed E-state index contributed by atoms with van der Waals surface area (Å²) in [6, 6.07) is 19.0. The van der Waals surface area contributed by atoms with Crippen molar-refractivity contribution in [2.24, 2.45) is 0 Å². The first kappa shape index (κ1) is 19.4. The van der Waals surface area contributed by atoms with E-state index in [4.69, 9.17) is 9.52 Å². The van der Waals surface area contributed by atoms with Gasteiger partial charge in [0.1, 0.15) is 11.2 Å². The number of hydrogen-bond donors (Lipinski definition) is 1. The fourth-order valence-electron chi connectivity index (χ4n) is 3.42. The number of oxazole rings is 1. The normalized spacial score (nSPS) is 11.3. The summed E-state index contributed by atoms with van der Waals surface area (Å²) in [7, 11) is 0. The first-order valence-electron chi connectivity index (χ1n) is 10.1. The first-order chi connectivity index (χ1) is 15.7. The molecule has 0 radical (unpaired) electrons. The van der Waals surface area contributed by atoms with Crippen LogP contribution in [-0.2, 0) is 4.79 Å². The summed E-state index contributed by atoms with van der Waals surface area (Å²) in [5, 5.41) is 7.59. The van der Waals surface area contributed by atoms with E-state index in [-0.39, 0.29) is 5.91 Å². The van der Waals surface area contributed by atoms with Gasteiger partial charge >= 0.3 is 0 Å². The third kappa shape index (κ3) is 4.04. The van der Waals surface area contributed by atoms with Crippen LogP contribution in [0.3, 0.4) is 0 Å². The van der Waals surface area contributed by atoms with Crippen LogP contribution in [0, 0.1) is 6.92 Å². The van der Waals surface area contributed by atoms with Gasteiger partial charge in [-0.05, 0) is 48.5 Å².